The molecule has 1 aliphatic rings. The first kappa shape index (κ1) is 18.2. The fourth-order valence-corrected chi connectivity index (χ4v) is 3.32. The molecule has 6 nitrogen and oxygen atoms in total. The zero-order chi connectivity index (χ0) is 18.5. The van der Waals surface area contributed by atoms with E-state index in [1.165, 1.54) is 6.26 Å². The van der Waals surface area contributed by atoms with E-state index in [1.54, 1.807) is 29.1 Å². The van der Waals surface area contributed by atoms with Crippen molar-refractivity contribution in [1.82, 2.24) is 9.78 Å². The Bertz CT molecular complexity index is 874. The summed E-state index contributed by atoms with van der Waals surface area (Å²) in [6.07, 6.45) is 4.80. The maximum absolute atomic E-state index is 11.7. The zero-order valence-corrected chi connectivity index (χ0v) is 16.0. The van der Waals surface area contributed by atoms with E-state index >= 15 is 0 Å². The van der Waals surface area contributed by atoms with Crippen molar-refractivity contribution >= 4 is 22.4 Å². The average Bonchev–Trinajstić information content (AvgIpc) is 3.01. The summed E-state index contributed by atoms with van der Waals surface area (Å²) < 4.78 is 37.2. The van der Waals surface area contributed by atoms with E-state index in [-0.39, 0.29) is 0 Å². The lowest BCUT2D eigenvalue weighted by molar-refractivity contribution is 0.00578. The lowest BCUT2D eigenvalue weighted by Crippen LogP contribution is -2.41. The third-order valence-electron chi connectivity index (χ3n) is 4.85. The fourth-order valence-electron chi connectivity index (χ4n) is 2.63. The third kappa shape index (κ3) is 3.66. The van der Waals surface area contributed by atoms with Crippen LogP contribution in [-0.2, 0) is 25.7 Å². The molecule has 2 heterocycles. The molecule has 0 unspecified atom stereocenters. The quantitative estimate of drug-likeness (QED) is 0.774. The van der Waals surface area contributed by atoms with Crippen LogP contribution in [0.3, 0.4) is 0 Å². The topological polar surface area (TPSA) is 70.4 Å². The average molecular weight is 362 g/mol. The first-order valence-electron chi connectivity index (χ1n) is 8.15. The Morgan fingerprint density at radius 2 is 1.80 bits per heavy atom. The van der Waals surface area contributed by atoms with E-state index in [0.717, 1.165) is 11.0 Å². The maximum atomic E-state index is 11.7. The van der Waals surface area contributed by atoms with Gasteiger partial charge in [0.15, 0.2) is 9.84 Å². The van der Waals surface area contributed by atoms with Gasteiger partial charge in [0, 0.05) is 24.1 Å². The molecule has 0 amide bonds. The number of hydrogen-bond donors (Lipinski definition) is 0. The molecule has 1 aromatic heterocycles. The van der Waals surface area contributed by atoms with Gasteiger partial charge in [-0.05, 0) is 45.4 Å². The lowest BCUT2D eigenvalue weighted by Gasteiger charge is -2.32. The highest BCUT2D eigenvalue weighted by molar-refractivity contribution is 7.90. The van der Waals surface area contributed by atoms with Crippen molar-refractivity contribution in [2.45, 2.75) is 50.3 Å². The molecule has 0 radical (unpaired) electrons. The first-order chi connectivity index (χ1) is 11.5. The number of nitrogens with zero attached hydrogens (tertiary/aromatic N) is 2. The maximum Gasteiger partial charge on any atom is 0.498 e. The summed E-state index contributed by atoms with van der Waals surface area (Å²) in [6, 6.07) is 6.89. The molecule has 1 aromatic carbocycles. The van der Waals surface area contributed by atoms with E-state index in [0.29, 0.717) is 11.4 Å². The van der Waals surface area contributed by atoms with E-state index in [2.05, 4.69) is 5.10 Å². The lowest BCUT2D eigenvalue weighted by atomic mass is 9.82. The third-order valence-corrected chi connectivity index (χ3v) is 5.96. The van der Waals surface area contributed by atoms with Crippen LogP contribution in [0.1, 0.15) is 33.3 Å². The summed E-state index contributed by atoms with van der Waals surface area (Å²) in [5.41, 5.74) is 0.914. The molecular formula is C17H23BN2O4S. The second kappa shape index (κ2) is 5.97. The monoisotopic (exact) mass is 362 g/mol. The molecule has 8 heteroatoms. The van der Waals surface area contributed by atoms with Gasteiger partial charge in [-0.25, -0.2) is 8.42 Å². The number of hydrogen-bond acceptors (Lipinski definition) is 5. The van der Waals surface area contributed by atoms with Gasteiger partial charge >= 0.3 is 7.12 Å². The van der Waals surface area contributed by atoms with Crippen molar-refractivity contribution in [3.05, 3.63) is 42.2 Å². The van der Waals surface area contributed by atoms with Crippen molar-refractivity contribution in [1.29, 1.82) is 0 Å². The Hall–Kier alpha value is -1.64. The van der Waals surface area contributed by atoms with E-state index in [4.69, 9.17) is 9.31 Å². The predicted molar refractivity (Wildman–Crippen MR) is 96.6 cm³/mol. The molecule has 0 saturated carbocycles. The largest absolute Gasteiger partial charge is 0.498 e. The minimum absolute atomic E-state index is 0.309. The second-order valence-electron chi connectivity index (χ2n) is 7.48. The molecule has 1 fully saturated rings. The van der Waals surface area contributed by atoms with Crippen LogP contribution in [0.4, 0.5) is 0 Å². The van der Waals surface area contributed by atoms with Gasteiger partial charge in [-0.3, -0.25) is 4.68 Å². The van der Waals surface area contributed by atoms with E-state index in [1.807, 2.05) is 40.0 Å². The Labute approximate surface area is 149 Å². The van der Waals surface area contributed by atoms with Crippen molar-refractivity contribution in [2.75, 3.05) is 6.26 Å². The molecule has 0 N–H and O–H groups in total. The second-order valence-corrected chi connectivity index (χ2v) is 9.49. The van der Waals surface area contributed by atoms with Crippen LogP contribution < -0.4 is 5.46 Å². The van der Waals surface area contributed by atoms with Gasteiger partial charge in [0.1, 0.15) is 0 Å². The van der Waals surface area contributed by atoms with Crippen LogP contribution in [0, 0.1) is 0 Å². The van der Waals surface area contributed by atoms with Crippen molar-refractivity contribution < 1.29 is 17.7 Å². The van der Waals surface area contributed by atoms with Crippen LogP contribution in [0.25, 0.3) is 0 Å². The van der Waals surface area contributed by atoms with E-state index < -0.39 is 28.2 Å². The smallest absolute Gasteiger partial charge is 0.399 e. The highest BCUT2D eigenvalue weighted by atomic mass is 32.2. The van der Waals surface area contributed by atoms with Crippen molar-refractivity contribution in [2.24, 2.45) is 0 Å². The zero-order valence-electron chi connectivity index (χ0n) is 15.2. The Morgan fingerprint density at radius 3 is 2.40 bits per heavy atom. The summed E-state index contributed by atoms with van der Waals surface area (Å²) in [7, 11) is -3.68. The van der Waals surface area contributed by atoms with Gasteiger partial charge in [0.25, 0.3) is 0 Å². The van der Waals surface area contributed by atoms with Crippen LogP contribution in [-0.4, -0.2) is 42.8 Å². The molecule has 1 aliphatic heterocycles. The van der Waals surface area contributed by atoms with Gasteiger partial charge in [-0.1, -0.05) is 12.1 Å². The van der Waals surface area contributed by atoms with Crippen LogP contribution >= 0.6 is 0 Å². The molecular weight excluding hydrogens is 339 g/mol. The molecule has 0 aliphatic carbocycles. The van der Waals surface area contributed by atoms with Crippen LogP contribution in [0.15, 0.2) is 41.6 Å². The number of benzene rings is 1. The Balaban J connectivity index is 1.77. The molecule has 0 bridgehead atoms. The first-order valence-corrected chi connectivity index (χ1v) is 10.0. The molecule has 3 rings (SSSR count). The molecule has 25 heavy (non-hydrogen) atoms. The van der Waals surface area contributed by atoms with Crippen LogP contribution in [0.2, 0.25) is 0 Å². The molecule has 0 spiro atoms. The predicted octanol–water partition coefficient (Wildman–Crippen LogP) is 1.63. The highest BCUT2D eigenvalue weighted by Gasteiger charge is 2.52. The Morgan fingerprint density at radius 1 is 1.16 bits per heavy atom. The molecule has 1 saturated heterocycles. The fraction of sp³-hybridized carbons (Fsp3) is 0.471. The summed E-state index contributed by atoms with van der Waals surface area (Å²) in [5.74, 6) is 0. The minimum Gasteiger partial charge on any atom is -0.399 e. The SMILES string of the molecule is CC1(C)OB(c2cnn(Cc3cccc(S(C)(=O)=O)c3)c2)OC1(C)C. The highest BCUT2D eigenvalue weighted by Crippen LogP contribution is 2.36. The summed E-state index contributed by atoms with van der Waals surface area (Å²) in [4.78, 5) is 0.309. The summed E-state index contributed by atoms with van der Waals surface area (Å²) in [6.45, 7) is 8.51. The van der Waals surface area contributed by atoms with E-state index in [9.17, 15) is 8.42 Å². The van der Waals surface area contributed by atoms with Crippen molar-refractivity contribution in [3.63, 3.8) is 0 Å². The van der Waals surface area contributed by atoms with Gasteiger partial charge in [0.2, 0.25) is 0 Å². The van der Waals surface area contributed by atoms with Gasteiger partial charge in [-0.15, -0.1) is 0 Å². The standard InChI is InChI=1S/C17H23BN2O4S/c1-16(2)17(3,4)24-18(23-16)14-10-19-20(12-14)11-13-7-6-8-15(9-13)25(5,21)22/h6-10,12H,11H2,1-5H3. The van der Waals surface area contributed by atoms with Gasteiger partial charge in [-0.2, -0.15) is 5.10 Å². The molecule has 2 aromatic rings. The number of rotatable bonds is 4. The van der Waals surface area contributed by atoms with Gasteiger partial charge in [0.05, 0.1) is 22.6 Å². The molecule has 134 valence electrons. The minimum atomic E-state index is -3.22. The van der Waals surface area contributed by atoms with Crippen LogP contribution in [0.5, 0.6) is 0 Å². The molecule has 0 atom stereocenters. The number of aromatic nitrogens is 2. The summed E-state index contributed by atoms with van der Waals surface area (Å²) >= 11 is 0. The normalized spacial score (nSPS) is 19.3. The summed E-state index contributed by atoms with van der Waals surface area (Å²) in [5, 5.41) is 4.35. The van der Waals surface area contributed by atoms with Crippen molar-refractivity contribution in [3.8, 4) is 0 Å². The Kier molecular flexibility index (Phi) is 4.34. The number of sulfone groups is 1. The van der Waals surface area contributed by atoms with Gasteiger partial charge < -0.3 is 9.31 Å².